The molecule has 0 saturated carbocycles. The molecule has 0 bridgehead atoms. The number of imide groups is 1. The highest BCUT2D eigenvalue weighted by Crippen LogP contribution is 2.54. The van der Waals surface area contributed by atoms with E-state index < -0.39 is 41.2 Å². The van der Waals surface area contributed by atoms with Gasteiger partial charge in [0, 0.05) is 31.9 Å². The molecule has 0 aliphatic carbocycles. The van der Waals surface area contributed by atoms with E-state index in [1.165, 1.54) is 12.0 Å². The Morgan fingerprint density at radius 1 is 0.949 bits per heavy atom. The molecule has 9 nitrogen and oxygen atoms in total. The quantitative estimate of drug-likeness (QED) is 0.400. The molecule has 200 valence electrons. The van der Waals surface area contributed by atoms with E-state index in [1.54, 1.807) is 42.5 Å². The molecule has 4 atom stereocenters. The maximum absolute atomic E-state index is 14.3. The lowest BCUT2D eigenvalue weighted by atomic mass is 9.75. The predicted molar refractivity (Wildman–Crippen MR) is 144 cm³/mol. The molecule has 1 N–H and O–H groups in total. The maximum atomic E-state index is 14.3. The Morgan fingerprint density at radius 2 is 1.64 bits per heavy atom. The third kappa shape index (κ3) is 3.76. The van der Waals surface area contributed by atoms with E-state index in [0.29, 0.717) is 36.0 Å². The highest BCUT2D eigenvalue weighted by molar-refractivity contribution is 6.24. The molecule has 2 saturated heterocycles. The molecule has 39 heavy (non-hydrogen) atoms. The number of anilines is 2. The van der Waals surface area contributed by atoms with Gasteiger partial charge < -0.3 is 19.1 Å². The highest BCUT2D eigenvalue weighted by Gasteiger charge is 2.69. The standard InChI is InChI=1S/C30H29N3O6/c1-32(2)20-11-9-18(10-12-20)26-24-25(30(31-26,29(36)37-3)19-7-5-4-6-8-19)28(35)33(27(24)34)21-13-14-22-23(17-21)39-16-15-38-22/h4-14,17,24-26,31H,15-16H2,1-3H3/t24-,25-,26-,30-/m1/s1. The van der Waals surface area contributed by atoms with Gasteiger partial charge in [-0.15, -0.1) is 0 Å². The zero-order chi connectivity index (χ0) is 27.3. The zero-order valence-corrected chi connectivity index (χ0v) is 21.9. The number of amides is 2. The van der Waals surface area contributed by atoms with Crippen molar-refractivity contribution in [1.82, 2.24) is 5.32 Å². The molecule has 2 fully saturated rings. The Labute approximate surface area is 226 Å². The minimum Gasteiger partial charge on any atom is -0.486 e. The van der Waals surface area contributed by atoms with Gasteiger partial charge in [0.05, 0.1) is 24.6 Å². The average Bonchev–Trinajstić information content (AvgIpc) is 3.46. The van der Waals surface area contributed by atoms with E-state index in [1.807, 2.05) is 49.3 Å². The fourth-order valence-electron chi connectivity index (χ4n) is 6.03. The summed E-state index contributed by atoms with van der Waals surface area (Å²) in [4.78, 5) is 45.3. The number of esters is 1. The van der Waals surface area contributed by atoms with Crippen molar-refractivity contribution in [2.75, 3.05) is 44.2 Å². The number of nitrogens with zero attached hydrogens (tertiary/aromatic N) is 2. The van der Waals surface area contributed by atoms with Crippen LogP contribution in [0.25, 0.3) is 0 Å². The van der Waals surface area contributed by atoms with Crippen LogP contribution in [0.4, 0.5) is 11.4 Å². The Balaban J connectivity index is 1.51. The van der Waals surface area contributed by atoms with Crippen molar-refractivity contribution in [3.8, 4) is 11.5 Å². The van der Waals surface area contributed by atoms with E-state index >= 15 is 0 Å². The first kappa shape index (κ1) is 24.9. The summed E-state index contributed by atoms with van der Waals surface area (Å²) in [5.74, 6) is -2.36. The zero-order valence-electron chi connectivity index (χ0n) is 21.9. The summed E-state index contributed by atoms with van der Waals surface area (Å²) in [7, 11) is 5.19. The predicted octanol–water partition coefficient (Wildman–Crippen LogP) is 3.04. The molecule has 3 heterocycles. The van der Waals surface area contributed by atoms with Crippen LogP contribution in [-0.2, 0) is 24.7 Å². The molecular weight excluding hydrogens is 498 g/mol. The number of rotatable bonds is 5. The summed E-state index contributed by atoms with van der Waals surface area (Å²) in [6, 6.07) is 21.1. The van der Waals surface area contributed by atoms with E-state index in [4.69, 9.17) is 14.2 Å². The second-order valence-corrected chi connectivity index (χ2v) is 10.1. The van der Waals surface area contributed by atoms with Crippen molar-refractivity contribution < 1.29 is 28.6 Å². The summed E-state index contributed by atoms with van der Waals surface area (Å²) in [5, 5.41) is 3.42. The average molecular weight is 528 g/mol. The molecule has 6 rings (SSSR count). The fourth-order valence-corrected chi connectivity index (χ4v) is 6.03. The number of carbonyl (C=O) groups excluding carboxylic acids is 3. The van der Waals surface area contributed by atoms with Crippen LogP contribution in [0.3, 0.4) is 0 Å². The van der Waals surface area contributed by atoms with Crippen LogP contribution in [-0.4, -0.2) is 52.2 Å². The van der Waals surface area contributed by atoms with Crippen molar-refractivity contribution in [3.63, 3.8) is 0 Å². The lowest BCUT2D eigenvalue weighted by Crippen LogP contribution is -2.53. The fraction of sp³-hybridized carbons (Fsp3) is 0.300. The Morgan fingerprint density at radius 3 is 2.31 bits per heavy atom. The van der Waals surface area contributed by atoms with Crippen molar-refractivity contribution in [1.29, 1.82) is 0 Å². The van der Waals surface area contributed by atoms with Crippen LogP contribution in [0.1, 0.15) is 17.2 Å². The first-order valence-electron chi connectivity index (χ1n) is 12.8. The Hall–Kier alpha value is -4.37. The van der Waals surface area contributed by atoms with Crippen molar-refractivity contribution in [2.24, 2.45) is 11.8 Å². The Bertz CT molecular complexity index is 1440. The van der Waals surface area contributed by atoms with Crippen LogP contribution in [0.5, 0.6) is 11.5 Å². The van der Waals surface area contributed by atoms with Crippen molar-refractivity contribution >= 4 is 29.2 Å². The van der Waals surface area contributed by atoms with Crippen molar-refractivity contribution in [2.45, 2.75) is 11.6 Å². The molecule has 3 aliphatic heterocycles. The number of hydrogen-bond donors (Lipinski definition) is 1. The molecule has 0 aromatic heterocycles. The molecule has 2 amide bonds. The first-order valence-corrected chi connectivity index (χ1v) is 12.8. The number of benzene rings is 3. The van der Waals surface area contributed by atoms with Crippen molar-refractivity contribution in [3.05, 3.63) is 83.9 Å². The summed E-state index contributed by atoms with van der Waals surface area (Å²) in [5.41, 5.74) is 1.15. The lowest BCUT2D eigenvalue weighted by molar-refractivity contribution is -0.152. The monoisotopic (exact) mass is 527 g/mol. The van der Waals surface area contributed by atoms with Crippen LogP contribution in [0, 0.1) is 11.8 Å². The number of fused-ring (bicyclic) bond motifs is 2. The van der Waals surface area contributed by atoms with Gasteiger partial charge in [0.25, 0.3) is 0 Å². The molecular formula is C30H29N3O6. The molecule has 3 aromatic rings. The number of carbonyl (C=O) groups is 3. The molecule has 0 radical (unpaired) electrons. The second kappa shape index (κ2) is 9.43. The van der Waals surface area contributed by atoms with Gasteiger partial charge in [0.2, 0.25) is 11.8 Å². The summed E-state index contributed by atoms with van der Waals surface area (Å²) in [6.07, 6.45) is 0. The lowest BCUT2D eigenvalue weighted by Gasteiger charge is -2.33. The van der Waals surface area contributed by atoms with Gasteiger partial charge in [-0.1, -0.05) is 42.5 Å². The topological polar surface area (TPSA) is 97.4 Å². The van der Waals surface area contributed by atoms with E-state index in [2.05, 4.69) is 5.32 Å². The number of ether oxygens (including phenoxy) is 3. The smallest absolute Gasteiger partial charge is 0.331 e. The minimum absolute atomic E-state index is 0.372. The number of hydrogen-bond acceptors (Lipinski definition) is 8. The second-order valence-electron chi connectivity index (χ2n) is 10.1. The van der Waals surface area contributed by atoms with Gasteiger partial charge in [0.1, 0.15) is 13.2 Å². The Kier molecular flexibility index (Phi) is 6.03. The van der Waals surface area contributed by atoms with Crippen LogP contribution in [0.2, 0.25) is 0 Å². The van der Waals surface area contributed by atoms with Gasteiger partial charge in [-0.2, -0.15) is 0 Å². The number of methoxy groups -OCH3 is 1. The molecule has 0 unspecified atom stereocenters. The molecule has 9 heteroatoms. The van der Waals surface area contributed by atoms with Crippen LogP contribution in [0.15, 0.2) is 72.8 Å². The molecule has 0 spiro atoms. The first-order chi connectivity index (χ1) is 18.9. The van der Waals surface area contributed by atoms with Crippen LogP contribution < -0.4 is 24.6 Å². The van der Waals surface area contributed by atoms with E-state index in [0.717, 1.165) is 11.3 Å². The SMILES string of the molecule is COC(=O)[C@]1(c2ccccc2)N[C@H](c2ccc(N(C)C)cc2)[C@@H]2C(=O)N(c3ccc4c(c3)OCCO4)C(=O)[C@@H]21. The normalized spacial score (nSPS) is 25.4. The molecule has 3 aliphatic rings. The summed E-state index contributed by atoms with van der Waals surface area (Å²) in [6.45, 7) is 0.800. The van der Waals surface area contributed by atoms with Gasteiger partial charge in [-0.25, -0.2) is 9.69 Å². The number of nitrogens with one attached hydrogen (secondary N) is 1. The maximum Gasteiger partial charge on any atom is 0.331 e. The van der Waals surface area contributed by atoms with Gasteiger partial charge in [-0.05, 0) is 35.4 Å². The summed E-state index contributed by atoms with van der Waals surface area (Å²) < 4.78 is 16.6. The van der Waals surface area contributed by atoms with Gasteiger partial charge in [-0.3, -0.25) is 14.9 Å². The molecule has 3 aromatic carbocycles. The third-order valence-corrected chi connectivity index (χ3v) is 7.85. The summed E-state index contributed by atoms with van der Waals surface area (Å²) >= 11 is 0. The largest absolute Gasteiger partial charge is 0.486 e. The van der Waals surface area contributed by atoms with E-state index in [9.17, 15) is 14.4 Å². The minimum atomic E-state index is -1.57. The highest BCUT2D eigenvalue weighted by atomic mass is 16.6. The van der Waals surface area contributed by atoms with Gasteiger partial charge >= 0.3 is 5.97 Å². The van der Waals surface area contributed by atoms with Crippen LogP contribution >= 0.6 is 0 Å². The van der Waals surface area contributed by atoms with E-state index in [-0.39, 0.29) is 0 Å². The van der Waals surface area contributed by atoms with Gasteiger partial charge in [0.15, 0.2) is 17.0 Å². The third-order valence-electron chi connectivity index (χ3n) is 7.85.